The Morgan fingerprint density at radius 3 is 2.41 bits per heavy atom. The lowest BCUT2D eigenvalue weighted by molar-refractivity contribution is -0.129. The SMILES string of the molecule is C=CC(=O)Oc1cccc(-c2ccc(OC)c(OC)c2)c1C. The van der Waals surface area contributed by atoms with E-state index in [4.69, 9.17) is 14.2 Å². The number of ether oxygens (including phenoxy) is 3. The molecule has 0 heterocycles. The van der Waals surface area contributed by atoms with Gasteiger partial charge in [-0.25, -0.2) is 4.79 Å². The van der Waals surface area contributed by atoms with E-state index in [0.717, 1.165) is 22.8 Å². The van der Waals surface area contributed by atoms with Crippen LogP contribution in [0.1, 0.15) is 5.56 Å². The van der Waals surface area contributed by atoms with Crippen molar-refractivity contribution in [1.29, 1.82) is 0 Å². The molecule has 0 unspecified atom stereocenters. The fraction of sp³-hybridized carbons (Fsp3) is 0.167. The minimum absolute atomic E-state index is 0.479. The van der Waals surface area contributed by atoms with Gasteiger partial charge in [0.25, 0.3) is 0 Å². The molecule has 0 fully saturated rings. The van der Waals surface area contributed by atoms with Crippen LogP contribution < -0.4 is 14.2 Å². The Morgan fingerprint density at radius 2 is 1.77 bits per heavy atom. The Labute approximate surface area is 129 Å². The van der Waals surface area contributed by atoms with Crippen LogP contribution in [0.2, 0.25) is 0 Å². The van der Waals surface area contributed by atoms with E-state index in [-0.39, 0.29) is 0 Å². The number of carbonyl (C=O) groups is 1. The van der Waals surface area contributed by atoms with Crippen molar-refractivity contribution in [3.8, 4) is 28.4 Å². The highest BCUT2D eigenvalue weighted by molar-refractivity contribution is 5.84. The van der Waals surface area contributed by atoms with Gasteiger partial charge in [0, 0.05) is 6.08 Å². The van der Waals surface area contributed by atoms with E-state index in [0.29, 0.717) is 17.2 Å². The second-order valence-corrected chi connectivity index (χ2v) is 4.62. The summed E-state index contributed by atoms with van der Waals surface area (Å²) in [6, 6.07) is 11.2. The van der Waals surface area contributed by atoms with Gasteiger partial charge < -0.3 is 14.2 Å². The fourth-order valence-corrected chi connectivity index (χ4v) is 2.19. The second-order valence-electron chi connectivity index (χ2n) is 4.62. The van der Waals surface area contributed by atoms with Gasteiger partial charge in [0.1, 0.15) is 5.75 Å². The van der Waals surface area contributed by atoms with E-state index in [1.165, 1.54) is 0 Å². The van der Waals surface area contributed by atoms with Crippen molar-refractivity contribution >= 4 is 5.97 Å². The summed E-state index contributed by atoms with van der Waals surface area (Å²) in [6.45, 7) is 5.30. The highest BCUT2D eigenvalue weighted by Gasteiger charge is 2.12. The van der Waals surface area contributed by atoms with Crippen LogP contribution in [0, 0.1) is 6.92 Å². The first-order chi connectivity index (χ1) is 10.6. The van der Waals surface area contributed by atoms with Gasteiger partial charge in [0.15, 0.2) is 11.5 Å². The van der Waals surface area contributed by atoms with Gasteiger partial charge in [-0.05, 0) is 41.8 Å². The largest absolute Gasteiger partial charge is 0.493 e. The fourth-order valence-electron chi connectivity index (χ4n) is 2.19. The van der Waals surface area contributed by atoms with Gasteiger partial charge in [-0.1, -0.05) is 24.8 Å². The molecule has 0 aliphatic carbocycles. The lowest BCUT2D eigenvalue weighted by Gasteiger charge is -2.13. The molecular weight excluding hydrogens is 280 g/mol. The van der Waals surface area contributed by atoms with E-state index in [9.17, 15) is 4.79 Å². The molecule has 0 aromatic heterocycles. The van der Waals surface area contributed by atoms with Crippen LogP contribution in [0.15, 0.2) is 49.1 Å². The highest BCUT2D eigenvalue weighted by Crippen LogP contribution is 2.35. The highest BCUT2D eigenvalue weighted by atomic mass is 16.5. The van der Waals surface area contributed by atoms with Gasteiger partial charge in [-0.2, -0.15) is 0 Å². The van der Waals surface area contributed by atoms with Gasteiger partial charge >= 0.3 is 5.97 Å². The van der Waals surface area contributed by atoms with Crippen LogP contribution in [-0.2, 0) is 4.79 Å². The molecule has 0 radical (unpaired) electrons. The Balaban J connectivity index is 2.47. The quantitative estimate of drug-likeness (QED) is 0.479. The average molecular weight is 298 g/mol. The van der Waals surface area contributed by atoms with Crippen molar-refractivity contribution in [3.05, 3.63) is 54.6 Å². The molecule has 2 rings (SSSR count). The molecule has 0 saturated carbocycles. The number of methoxy groups -OCH3 is 2. The van der Waals surface area contributed by atoms with Crippen molar-refractivity contribution in [2.45, 2.75) is 6.92 Å². The van der Waals surface area contributed by atoms with E-state index < -0.39 is 5.97 Å². The molecule has 0 aliphatic rings. The third-order valence-corrected chi connectivity index (χ3v) is 3.36. The second kappa shape index (κ2) is 6.80. The van der Waals surface area contributed by atoms with Crippen LogP contribution in [0.3, 0.4) is 0 Å². The molecular formula is C18H18O4. The molecule has 0 bridgehead atoms. The molecule has 2 aromatic carbocycles. The number of hydrogen-bond acceptors (Lipinski definition) is 4. The first-order valence-corrected chi connectivity index (χ1v) is 6.77. The Hall–Kier alpha value is -2.75. The summed E-state index contributed by atoms with van der Waals surface area (Å²) in [5.41, 5.74) is 2.77. The summed E-state index contributed by atoms with van der Waals surface area (Å²) in [6.07, 6.45) is 1.14. The zero-order valence-corrected chi connectivity index (χ0v) is 12.9. The standard InChI is InChI=1S/C18H18O4/c1-5-18(19)22-15-8-6-7-14(12(15)2)13-9-10-16(20-3)17(11-13)21-4/h5-11H,1H2,2-4H3. The lowest BCUT2D eigenvalue weighted by atomic mass is 9.99. The third-order valence-electron chi connectivity index (χ3n) is 3.36. The minimum atomic E-state index is -0.479. The number of carbonyl (C=O) groups excluding carboxylic acids is 1. The first kappa shape index (κ1) is 15.6. The van der Waals surface area contributed by atoms with Gasteiger partial charge in [0.2, 0.25) is 0 Å². The molecule has 2 aromatic rings. The summed E-state index contributed by atoms with van der Waals surface area (Å²) in [5.74, 6) is 1.34. The topological polar surface area (TPSA) is 44.8 Å². The van der Waals surface area contributed by atoms with E-state index in [1.54, 1.807) is 20.3 Å². The summed E-state index contributed by atoms with van der Waals surface area (Å²) in [7, 11) is 3.19. The lowest BCUT2D eigenvalue weighted by Crippen LogP contribution is -2.04. The minimum Gasteiger partial charge on any atom is -0.493 e. The predicted octanol–water partition coefficient (Wildman–Crippen LogP) is 3.77. The summed E-state index contributed by atoms with van der Waals surface area (Å²) >= 11 is 0. The van der Waals surface area contributed by atoms with Crippen molar-refractivity contribution in [3.63, 3.8) is 0 Å². The number of hydrogen-bond donors (Lipinski definition) is 0. The van der Waals surface area contributed by atoms with Crippen LogP contribution in [0.5, 0.6) is 17.2 Å². The summed E-state index contributed by atoms with van der Waals surface area (Å²) < 4.78 is 15.8. The van der Waals surface area contributed by atoms with Crippen molar-refractivity contribution in [2.24, 2.45) is 0 Å². The zero-order chi connectivity index (χ0) is 16.1. The van der Waals surface area contributed by atoms with Crippen LogP contribution in [0.25, 0.3) is 11.1 Å². The molecule has 22 heavy (non-hydrogen) atoms. The van der Waals surface area contributed by atoms with E-state index in [1.807, 2.05) is 37.3 Å². The monoisotopic (exact) mass is 298 g/mol. The van der Waals surface area contributed by atoms with Crippen molar-refractivity contribution < 1.29 is 19.0 Å². The maximum Gasteiger partial charge on any atom is 0.335 e. The molecule has 4 nitrogen and oxygen atoms in total. The third kappa shape index (κ3) is 3.11. The molecule has 0 N–H and O–H groups in total. The van der Waals surface area contributed by atoms with Gasteiger partial charge in [-0.15, -0.1) is 0 Å². The Kier molecular flexibility index (Phi) is 4.84. The number of benzene rings is 2. The van der Waals surface area contributed by atoms with Crippen LogP contribution in [-0.4, -0.2) is 20.2 Å². The maximum atomic E-state index is 11.4. The molecule has 4 heteroatoms. The normalized spacial score (nSPS) is 9.95. The number of rotatable bonds is 5. The van der Waals surface area contributed by atoms with E-state index in [2.05, 4.69) is 6.58 Å². The molecule has 0 aliphatic heterocycles. The smallest absolute Gasteiger partial charge is 0.335 e. The molecule has 0 saturated heterocycles. The Morgan fingerprint density at radius 1 is 1.05 bits per heavy atom. The van der Waals surface area contributed by atoms with Gasteiger partial charge in [0.05, 0.1) is 14.2 Å². The average Bonchev–Trinajstić information content (AvgIpc) is 2.56. The maximum absolute atomic E-state index is 11.4. The summed E-state index contributed by atoms with van der Waals surface area (Å²) in [5, 5.41) is 0. The molecule has 114 valence electrons. The zero-order valence-electron chi connectivity index (χ0n) is 12.9. The Bertz CT molecular complexity index is 704. The molecule has 0 amide bonds. The van der Waals surface area contributed by atoms with Gasteiger partial charge in [-0.3, -0.25) is 0 Å². The summed E-state index contributed by atoms with van der Waals surface area (Å²) in [4.78, 5) is 11.4. The predicted molar refractivity (Wildman–Crippen MR) is 85.6 cm³/mol. The van der Waals surface area contributed by atoms with Crippen molar-refractivity contribution in [2.75, 3.05) is 14.2 Å². The van der Waals surface area contributed by atoms with Crippen molar-refractivity contribution in [1.82, 2.24) is 0 Å². The first-order valence-electron chi connectivity index (χ1n) is 6.77. The molecule has 0 atom stereocenters. The van der Waals surface area contributed by atoms with Crippen LogP contribution >= 0.6 is 0 Å². The molecule has 0 spiro atoms. The van der Waals surface area contributed by atoms with Crippen LogP contribution in [0.4, 0.5) is 0 Å². The van der Waals surface area contributed by atoms with E-state index >= 15 is 0 Å². The number of esters is 1.